The molecule has 0 saturated carbocycles. The standard InChI is InChI=1S/C23H17BrN2O2S/c1-2-16-11-18-22(28)25-21-19(20(27)13-7-9-15(24)10-8-13)17-6-4-3-5-14(17)12-26(21)23(18)29-16/h3-11,27H,2,12H2,1H3. The minimum Gasteiger partial charge on any atom is -0.507 e. The average molecular weight is 465 g/mol. The first-order valence-corrected chi connectivity index (χ1v) is 11.0. The lowest BCUT2D eigenvalue weighted by molar-refractivity contribution is 0.512. The summed E-state index contributed by atoms with van der Waals surface area (Å²) in [6.07, 6.45) is 0.873. The number of benzene rings is 2. The summed E-state index contributed by atoms with van der Waals surface area (Å²) in [5, 5.41) is 11.9. The van der Waals surface area contributed by atoms with Crippen LogP contribution in [0.4, 0.5) is 0 Å². The number of aryl methyl sites for hydroxylation is 1. The molecule has 2 aromatic heterocycles. The van der Waals surface area contributed by atoms with Crippen molar-refractivity contribution < 1.29 is 5.11 Å². The molecule has 4 aromatic rings. The summed E-state index contributed by atoms with van der Waals surface area (Å²) >= 11 is 5.06. The molecule has 29 heavy (non-hydrogen) atoms. The van der Waals surface area contributed by atoms with Crippen LogP contribution in [-0.4, -0.2) is 14.7 Å². The fourth-order valence-corrected chi connectivity index (χ4v) is 5.14. The lowest BCUT2D eigenvalue weighted by atomic mass is 9.92. The highest BCUT2D eigenvalue weighted by molar-refractivity contribution is 9.10. The van der Waals surface area contributed by atoms with Crippen LogP contribution in [0.15, 0.2) is 63.9 Å². The van der Waals surface area contributed by atoms with E-state index in [0.29, 0.717) is 28.9 Å². The predicted octanol–water partition coefficient (Wildman–Crippen LogP) is 5.62. The van der Waals surface area contributed by atoms with Gasteiger partial charge in [0.15, 0.2) is 0 Å². The van der Waals surface area contributed by atoms with Crippen LogP contribution in [0.3, 0.4) is 0 Å². The second-order valence-electron chi connectivity index (χ2n) is 7.00. The highest BCUT2D eigenvalue weighted by Gasteiger charge is 2.27. The zero-order valence-corrected chi connectivity index (χ0v) is 18.0. The normalized spacial score (nSPS) is 14.6. The Morgan fingerprint density at radius 3 is 2.72 bits per heavy atom. The minimum atomic E-state index is -0.248. The third-order valence-electron chi connectivity index (χ3n) is 5.24. The molecule has 3 heterocycles. The maximum Gasteiger partial charge on any atom is 0.281 e. The van der Waals surface area contributed by atoms with Crippen molar-refractivity contribution in [2.75, 3.05) is 0 Å². The molecular formula is C23H17BrN2O2S. The molecule has 1 aliphatic heterocycles. The van der Waals surface area contributed by atoms with E-state index in [-0.39, 0.29) is 11.3 Å². The van der Waals surface area contributed by atoms with Crippen LogP contribution < -0.4 is 5.56 Å². The summed E-state index contributed by atoms with van der Waals surface area (Å²) in [5.41, 5.74) is 3.03. The van der Waals surface area contributed by atoms with E-state index >= 15 is 0 Å². The highest BCUT2D eigenvalue weighted by Crippen LogP contribution is 2.38. The van der Waals surface area contributed by atoms with Crippen LogP contribution in [0.5, 0.6) is 0 Å². The summed E-state index contributed by atoms with van der Waals surface area (Å²) in [4.78, 5) is 19.3. The number of hydrogen-bond acceptors (Lipinski definition) is 4. The Morgan fingerprint density at radius 2 is 1.97 bits per heavy atom. The molecule has 0 atom stereocenters. The summed E-state index contributed by atoms with van der Waals surface area (Å²) in [6, 6.07) is 17.4. The monoisotopic (exact) mass is 464 g/mol. The average Bonchev–Trinajstić information content (AvgIpc) is 3.18. The van der Waals surface area contributed by atoms with E-state index in [2.05, 4.69) is 38.5 Å². The second kappa shape index (κ2) is 6.97. The van der Waals surface area contributed by atoms with Crippen molar-refractivity contribution in [1.82, 2.24) is 9.55 Å². The molecule has 0 spiro atoms. The molecule has 0 radical (unpaired) electrons. The summed E-state index contributed by atoms with van der Waals surface area (Å²) < 4.78 is 3.00. The molecule has 5 rings (SSSR count). The molecule has 0 unspecified atom stereocenters. The van der Waals surface area contributed by atoms with E-state index in [1.807, 2.05) is 48.5 Å². The molecule has 0 bridgehead atoms. The Kier molecular flexibility index (Phi) is 4.41. The quantitative estimate of drug-likeness (QED) is 0.345. The van der Waals surface area contributed by atoms with Crippen molar-refractivity contribution in [3.63, 3.8) is 0 Å². The van der Waals surface area contributed by atoms with Crippen LogP contribution in [0.2, 0.25) is 0 Å². The van der Waals surface area contributed by atoms with E-state index in [0.717, 1.165) is 31.7 Å². The number of rotatable bonds is 2. The van der Waals surface area contributed by atoms with Crippen LogP contribution in [0.25, 0.3) is 21.5 Å². The second-order valence-corrected chi connectivity index (χ2v) is 9.03. The number of aliphatic hydroxyl groups excluding tert-OH is 1. The largest absolute Gasteiger partial charge is 0.507 e. The van der Waals surface area contributed by atoms with Crippen LogP contribution in [0.1, 0.15) is 34.3 Å². The molecule has 0 fully saturated rings. The van der Waals surface area contributed by atoms with Gasteiger partial charge < -0.3 is 9.67 Å². The molecule has 0 amide bonds. The summed E-state index contributed by atoms with van der Waals surface area (Å²) in [6.45, 7) is 2.70. The first-order valence-electron chi connectivity index (χ1n) is 9.38. The van der Waals surface area contributed by atoms with Gasteiger partial charge in [0.05, 0.1) is 17.5 Å². The fourth-order valence-electron chi connectivity index (χ4n) is 3.79. The lowest BCUT2D eigenvalue weighted by Crippen LogP contribution is -2.23. The summed E-state index contributed by atoms with van der Waals surface area (Å²) in [7, 11) is 0. The molecular weight excluding hydrogens is 448 g/mol. The van der Waals surface area contributed by atoms with E-state index in [9.17, 15) is 9.90 Å². The van der Waals surface area contributed by atoms with Gasteiger partial charge in [-0.05, 0) is 35.7 Å². The van der Waals surface area contributed by atoms with Crippen molar-refractivity contribution in [2.45, 2.75) is 19.9 Å². The highest BCUT2D eigenvalue weighted by atomic mass is 79.9. The Balaban J connectivity index is 1.87. The number of thiophene rings is 1. The minimum absolute atomic E-state index is 0.122. The number of hydrogen-bond donors (Lipinski definition) is 1. The maximum atomic E-state index is 12.8. The molecule has 0 saturated heterocycles. The number of nitrogens with zero attached hydrogens (tertiary/aromatic N) is 2. The zero-order valence-electron chi connectivity index (χ0n) is 15.6. The van der Waals surface area contributed by atoms with Crippen molar-refractivity contribution >= 4 is 48.8 Å². The van der Waals surface area contributed by atoms with Gasteiger partial charge in [-0.1, -0.05) is 59.3 Å². The zero-order chi connectivity index (χ0) is 20.1. The molecule has 144 valence electrons. The maximum absolute atomic E-state index is 12.8. The SMILES string of the molecule is CCc1cc2c(=O)nc3n(c2s1)Cc1ccccc1C3=C(O)c1ccc(Br)cc1. The van der Waals surface area contributed by atoms with E-state index < -0.39 is 0 Å². The van der Waals surface area contributed by atoms with E-state index in [1.165, 1.54) is 0 Å². The third kappa shape index (κ3) is 2.94. The van der Waals surface area contributed by atoms with Crippen molar-refractivity contribution in [1.29, 1.82) is 0 Å². The smallest absolute Gasteiger partial charge is 0.281 e. The van der Waals surface area contributed by atoms with Gasteiger partial charge in [-0.15, -0.1) is 11.3 Å². The Labute approximate surface area is 179 Å². The van der Waals surface area contributed by atoms with Crippen molar-refractivity contribution in [3.05, 3.63) is 96.8 Å². The number of aromatic nitrogens is 2. The van der Waals surface area contributed by atoms with Gasteiger partial charge in [0.2, 0.25) is 0 Å². The van der Waals surface area contributed by atoms with Crippen LogP contribution in [-0.2, 0) is 13.0 Å². The molecule has 1 aliphatic rings. The van der Waals surface area contributed by atoms with Gasteiger partial charge in [0.25, 0.3) is 5.56 Å². The van der Waals surface area contributed by atoms with Crippen molar-refractivity contribution in [2.24, 2.45) is 0 Å². The number of halogens is 1. The first-order chi connectivity index (χ1) is 14.1. The van der Waals surface area contributed by atoms with Gasteiger partial charge in [-0.25, -0.2) is 0 Å². The van der Waals surface area contributed by atoms with Gasteiger partial charge >= 0.3 is 0 Å². The van der Waals surface area contributed by atoms with E-state index in [1.54, 1.807) is 11.3 Å². The Morgan fingerprint density at radius 1 is 1.21 bits per heavy atom. The van der Waals surface area contributed by atoms with Gasteiger partial charge in [-0.2, -0.15) is 4.98 Å². The topological polar surface area (TPSA) is 55.1 Å². The van der Waals surface area contributed by atoms with Crippen molar-refractivity contribution in [3.8, 4) is 0 Å². The van der Waals surface area contributed by atoms with E-state index in [4.69, 9.17) is 0 Å². The number of aliphatic hydroxyl groups is 1. The fraction of sp³-hybridized carbons (Fsp3) is 0.130. The van der Waals surface area contributed by atoms with Gasteiger partial charge in [0.1, 0.15) is 16.4 Å². The Hall–Kier alpha value is -2.70. The van der Waals surface area contributed by atoms with Crippen LogP contribution >= 0.6 is 27.3 Å². The molecule has 0 aliphatic carbocycles. The molecule has 6 heteroatoms. The van der Waals surface area contributed by atoms with Gasteiger partial charge in [-0.3, -0.25) is 4.79 Å². The van der Waals surface area contributed by atoms with Gasteiger partial charge in [0, 0.05) is 14.9 Å². The molecule has 1 N–H and O–H groups in total. The summed E-state index contributed by atoms with van der Waals surface area (Å²) in [5.74, 6) is 0.642. The van der Waals surface area contributed by atoms with Crippen LogP contribution in [0, 0.1) is 0 Å². The first kappa shape index (κ1) is 18.3. The molecule has 4 nitrogen and oxygen atoms in total. The molecule has 2 aromatic carbocycles. The number of fused-ring (bicyclic) bond motifs is 4. The lowest BCUT2D eigenvalue weighted by Gasteiger charge is -2.25. The predicted molar refractivity (Wildman–Crippen MR) is 121 cm³/mol. The third-order valence-corrected chi connectivity index (χ3v) is 7.07. The Bertz CT molecular complexity index is 1350.